The van der Waals surface area contributed by atoms with Gasteiger partial charge >= 0.3 is 0 Å². The molecule has 18 nitrogen and oxygen atoms in total. The first kappa shape index (κ1) is 44.7. The fourth-order valence-electron chi connectivity index (χ4n) is 6.20. The van der Waals surface area contributed by atoms with Gasteiger partial charge < -0.3 is 58.5 Å². The van der Waals surface area contributed by atoms with Gasteiger partial charge in [0.1, 0.15) is 30.5 Å². The molecule has 2 heterocycles. The highest BCUT2D eigenvalue weighted by atomic mass is 32.1. The van der Waals surface area contributed by atoms with E-state index in [2.05, 4.69) is 54.2 Å². The summed E-state index contributed by atoms with van der Waals surface area (Å²) in [5.41, 5.74) is 19.8. The highest BCUT2D eigenvalue weighted by Crippen LogP contribution is 2.19. The number of aromatic amines is 2. The van der Waals surface area contributed by atoms with Crippen LogP contribution in [0.25, 0.3) is 10.9 Å². The van der Waals surface area contributed by atoms with Crippen molar-refractivity contribution in [3.63, 3.8) is 0 Å². The van der Waals surface area contributed by atoms with Crippen LogP contribution in [0.5, 0.6) is 0 Å². The Hall–Kier alpha value is -6.05. The molecule has 2 aromatic carbocycles. The van der Waals surface area contributed by atoms with Crippen LogP contribution in [0.3, 0.4) is 0 Å². The van der Waals surface area contributed by atoms with E-state index in [1.54, 1.807) is 36.5 Å². The van der Waals surface area contributed by atoms with Gasteiger partial charge in [-0.3, -0.25) is 28.8 Å². The number of thiol groups is 1. The molecule has 6 amide bonds. The minimum atomic E-state index is -1.28. The van der Waals surface area contributed by atoms with Crippen molar-refractivity contribution in [1.29, 1.82) is 0 Å². The van der Waals surface area contributed by atoms with Gasteiger partial charge in [0.25, 0.3) is 0 Å². The minimum Gasteiger partial charge on any atom is -0.370 e. The number of primary amides is 1. The van der Waals surface area contributed by atoms with Gasteiger partial charge in [0, 0.05) is 54.0 Å². The van der Waals surface area contributed by atoms with E-state index in [1.165, 1.54) is 12.5 Å². The zero-order valence-corrected chi connectivity index (χ0v) is 32.7. The number of aromatic nitrogens is 3. The molecule has 0 aliphatic carbocycles. The number of amides is 6. The lowest BCUT2D eigenvalue weighted by molar-refractivity contribution is -0.134. The van der Waals surface area contributed by atoms with Crippen molar-refractivity contribution in [3.8, 4) is 0 Å². The van der Waals surface area contributed by atoms with E-state index in [4.69, 9.17) is 17.2 Å². The number of hydrogen-bond donors (Lipinski definition) is 11. The highest BCUT2D eigenvalue weighted by Gasteiger charge is 2.33. The molecular weight excluding hydrogens is 767 g/mol. The first-order chi connectivity index (χ1) is 27.9. The summed E-state index contributed by atoms with van der Waals surface area (Å²) in [5, 5.41) is 14.1. The Morgan fingerprint density at radius 1 is 0.741 bits per heavy atom. The van der Waals surface area contributed by atoms with Gasteiger partial charge in [-0.05, 0) is 43.0 Å². The number of imidazole rings is 1. The number of carbonyl (C=O) groups is 7. The fraction of sp³-hybridized carbons (Fsp3) is 0.385. The number of aldehydes is 1. The Morgan fingerprint density at radius 2 is 1.36 bits per heavy atom. The van der Waals surface area contributed by atoms with Crippen molar-refractivity contribution in [3.05, 3.63) is 90.1 Å². The number of fused-ring (bicyclic) bond motifs is 1. The summed E-state index contributed by atoms with van der Waals surface area (Å²) in [6.07, 6.45) is 5.81. The average molecular weight is 818 g/mol. The number of hydrogen-bond acceptors (Lipinski definition) is 11. The van der Waals surface area contributed by atoms with Crippen LogP contribution in [-0.4, -0.2) is 105 Å². The lowest BCUT2D eigenvalue weighted by atomic mass is 10.0. The lowest BCUT2D eigenvalue weighted by Gasteiger charge is -2.27. The molecule has 2 aromatic heterocycles. The van der Waals surface area contributed by atoms with E-state index in [0.717, 1.165) is 10.9 Å². The summed E-state index contributed by atoms with van der Waals surface area (Å²) in [6, 6.07) is 9.05. The summed E-state index contributed by atoms with van der Waals surface area (Å²) in [4.78, 5) is 102. The highest BCUT2D eigenvalue weighted by molar-refractivity contribution is 7.80. The van der Waals surface area contributed by atoms with E-state index in [0.29, 0.717) is 42.5 Å². The molecule has 4 rings (SSSR count). The summed E-state index contributed by atoms with van der Waals surface area (Å²) in [7, 11) is 0. The predicted octanol–water partition coefficient (Wildman–Crippen LogP) is -1.20. The molecule has 0 fully saturated rings. The van der Waals surface area contributed by atoms with E-state index < -0.39 is 78.1 Å². The molecule has 0 radical (unpaired) electrons. The average Bonchev–Trinajstić information content (AvgIpc) is 3.88. The molecule has 0 unspecified atom stereocenters. The van der Waals surface area contributed by atoms with Crippen molar-refractivity contribution in [1.82, 2.24) is 41.5 Å². The van der Waals surface area contributed by atoms with E-state index in [1.807, 2.05) is 24.3 Å². The number of carbonyl (C=O) groups excluding carboxylic acids is 7. The summed E-state index contributed by atoms with van der Waals surface area (Å²) in [5.74, 6) is -4.47. The molecule has 0 bridgehead atoms. The number of benzene rings is 2. The number of rotatable bonds is 24. The first-order valence-corrected chi connectivity index (χ1v) is 19.4. The molecule has 58 heavy (non-hydrogen) atoms. The maximum atomic E-state index is 14.2. The first-order valence-electron chi connectivity index (χ1n) is 18.8. The number of unbranched alkanes of at least 4 members (excludes halogenated alkanes) is 1. The molecule has 6 atom stereocenters. The monoisotopic (exact) mass is 817 g/mol. The van der Waals surface area contributed by atoms with Crippen molar-refractivity contribution in [2.45, 2.75) is 81.2 Å². The Morgan fingerprint density at radius 3 is 2.02 bits per heavy atom. The van der Waals surface area contributed by atoms with Crippen LogP contribution in [0.4, 0.5) is 0 Å². The normalized spacial score (nSPS) is 14.2. The van der Waals surface area contributed by atoms with Gasteiger partial charge in [0.15, 0.2) is 0 Å². The topological polar surface area (TPSA) is 302 Å². The van der Waals surface area contributed by atoms with Crippen molar-refractivity contribution in [2.24, 2.45) is 17.2 Å². The minimum absolute atomic E-state index is 0.00845. The number of para-hydroxylation sites is 1. The van der Waals surface area contributed by atoms with Crippen LogP contribution in [0.15, 0.2) is 73.3 Å². The second kappa shape index (κ2) is 22.6. The molecule has 13 N–H and O–H groups in total. The molecule has 0 spiro atoms. The second-order valence-electron chi connectivity index (χ2n) is 13.8. The van der Waals surface area contributed by atoms with Crippen molar-refractivity contribution < 1.29 is 33.6 Å². The Bertz CT molecular complexity index is 1990. The Kier molecular flexibility index (Phi) is 17.4. The van der Waals surface area contributed by atoms with Crippen molar-refractivity contribution >= 4 is 65.3 Å². The summed E-state index contributed by atoms with van der Waals surface area (Å²) in [6.45, 7) is 0.329. The van der Waals surface area contributed by atoms with Crippen LogP contribution in [0.2, 0.25) is 0 Å². The van der Waals surface area contributed by atoms with Gasteiger partial charge in [-0.1, -0.05) is 48.5 Å². The quantitative estimate of drug-likeness (QED) is 0.0228. The maximum absolute atomic E-state index is 14.2. The van der Waals surface area contributed by atoms with Gasteiger partial charge in [-0.2, -0.15) is 12.6 Å². The van der Waals surface area contributed by atoms with Gasteiger partial charge in [0.05, 0.1) is 24.8 Å². The smallest absolute Gasteiger partial charge is 0.244 e. The third-order valence-corrected chi connectivity index (χ3v) is 9.65. The van der Waals surface area contributed by atoms with Crippen molar-refractivity contribution in [2.75, 3.05) is 12.3 Å². The standard InChI is InChI=1S/C39H51N11O7S/c40-13-7-6-12-30(47-39(57)33(21-58)50-35(53)28(41)16-25-19-43-22-45-25)36(54)48-31(14-23-8-2-1-3-9-23)38(56)49-32(37(55)46-26(20-51)17-34(42)52)15-24-18-44-29-11-5-4-10-27(24)29/h1-5,8-11,18-20,22,26,28,30-33,44,58H,6-7,12-17,21,40-41H2,(H2,42,52)(H,43,45)(H,46,55)(H,47,57)(H,48,54)(H,49,56)(H,50,53)/t26-,28-,30-,31-,32-,33-/m0/s1. The number of nitrogens with two attached hydrogens (primary N) is 3. The second-order valence-corrected chi connectivity index (χ2v) is 14.1. The molecule has 4 aromatic rings. The zero-order chi connectivity index (χ0) is 42.0. The maximum Gasteiger partial charge on any atom is 0.244 e. The molecule has 0 saturated carbocycles. The SMILES string of the molecule is NCCCC[C@H](NC(=O)[C@H](CS)NC(=O)[C@@H](N)Cc1cnc[nH]1)C(=O)N[C@@H](Cc1ccccc1)C(=O)N[C@@H](Cc1c[nH]c2ccccc12)C(=O)N[C@H](C=O)CC(N)=O. The zero-order valence-electron chi connectivity index (χ0n) is 31.8. The third kappa shape index (κ3) is 13.6. The molecule has 19 heteroatoms. The van der Waals surface area contributed by atoms with Gasteiger partial charge in [0.2, 0.25) is 35.4 Å². The van der Waals surface area contributed by atoms with Crippen LogP contribution in [0.1, 0.15) is 42.5 Å². The van der Waals surface area contributed by atoms with Gasteiger partial charge in [-0.25, -0.2) is 4.98 Å². The third-order valence-electron chi connectivity index (χ3n) is 9.29. The number of nitrogens with one attached hydrogen (secondary N) is 7. The largest absolute Gasteiger partial charge is 0.370 e. The summed E-state index contributed by atoms with van der Waals surface area (Å²) < 4.78 is 0. The van der Waals surface area contributed by atoms with E-state index in [-0.39, 0.29) is 31.4 Å². The number of H-pyrrole nitrogens is 2. The lowest BCUT2D eigenvalue weighted by Crippen LogP contribution is -2.60. The molecule has 0 aliphatic rings. The molecule has 0 saturated heterocycles. The van der Waals surface area contributed by atoms with E-state index in [9.17, 15) is 33.6 Å². The molecule has 310 valence electrons. The Balaban J connectivity index is 1.56. The van der Waals surface area contributed by atoms with Crippen LogP contribution in [-0.2, 0) is 52.8 Å². The number of nitrogens with zero attached hydrogens (tertiary/aromatic N) is 1. The van der Waals surface area contributed by atoms with Gasteiger partial charge in [-0.15, -0.1) is 0 Å². The van der Waals surface area contributed by atoms with Crippen LogP contribution in [0, 0.1) is 0 Å². The van der Waals surface area contributed by atoms with Crippen LogP contribution >= 0.6 is 12.6 Å². The van der Waals surface area contributed by atoms with E-state index >= 15 is 0 Å². The Labute approximate surface area is 340 Å². The molecule has 0 aliphatic heterocycles. The fourth-order valence-corrected chi connectivity index (χ4v) is 6.46. The predicted molar refractivity (Wildman–Crippen MR) is 219 cm³/mol. The van der Waals surface area contributed by atoms with Crippen LogP contribution < -0.4 is 43.8 Å². The summed E-state index contributed by atoms with van der Waals surface area (Å²) >= 11 is 4.25. The molecular formula is C39H51N11O7S.